The molecule has 0 spiro atoms. The van der Waals surface area contributed by atoms with Gasteiger partial charge in [0.2, 0.25) is 0 Å². The number of nitrogens with one attached hydrogen (secondary N) is 1. The van der Waals surface area contributed by atoms with E-state index in [1.807, 2.05) is 6.07 Å². The molecule has 0 bridgehead atoms. The zero-order valence-electron chi connectivity index (χ0n) is 23.5. The monoisotopic (exact) mass is 538 g/mol. The molecule has 1 aliphatic heterocycles. The fourth-order valence-corrected chi connectivity index (χ4v) is 7.10. The van der Waals surface area contributed by atoms with E-state index < -0.39 is 0 Å². The predicted octanol–water partition coefficient (Wildman–Crippen LogP) is 8.41. The van der Waals surface area contributed by atoms with E-state index in [0.29, 0.717) is 0 Å². The number of nitrogens with zero attached hydrogens (tertiary/aromatic N) is 1. The lowest BCUT2D eigenvalue weighted by atomic mass is 9.59. The third kappa shape index (κ3) is 3.24. The maximum absolute atomic E-state index is 6.71. The molecular formula is C38H27BN2O. The van der Waals surface area contributed by atoms with Crippen LogP contribution >= 0.6 is 0 Å². The van der Waals surface area contributed by atoms with Crippen LogP contribution in [0.15, 0.2) is 120 Å². The molecule has 9 rings (SSSR count). The van der Waals surface area contributed by atoms with Gasteiger partial charge < -0.3 is 14.3 Å². The largest absolute Gasteiger partial charge is 0.455 e. The summed E-state index contributed by atoms with van der Waals surface area (Å²) in [6, 6.07) is 41.5. The second-order valence-electron chi connectivity index (χ2n) is 11.6. The lowest BCUT2D eigenvalue weighted by molar-refractivity contribution is 0.670. The molecule has 3 nitrogen and oxygen atoms in total. The molecule has 2 aromatic heterocycles. The van der Waals surface area contributed by atoms with Gasteiger partial charge in [-0.25, -0.2) is 0 Å². The summed E-state index contributed by atoms with van der Waals surface area (Å²) in [6.07, 6.45) is 0. The smallest absolute Gasteiger partial charge is 0.198 e. The van der Waals surface area contributed by atoms with Crippen LogP contribution in [0, 0.1) is 13.8 Å². The van der Waals surface area contributed by atoms with Gasteiger partial charge in [0.05, 0.1) is 11.2 Å². The van der Waals surface area contributed by atoms with Crippen molar-refractivity contribution in [2.75, 3.05) is 5.32 Å². The van der Waals surface area contributed by atoms with E-state index in [-0.39, 0.29) is 0 Å². The minimum Gasteiger partial charge on any atom is -0.455 e. The van der Waals surface area contributed by atoms with Gasteiger partial charge in [0.15, 0.2) is 7.28 Å². The highest BCUT2D eigenvalue weighted by Gasteiger charge is 2.28. The van der Waals surface area contributed by atoms with Crippen molar-refractivity contribution < 1.29 is 4.42 Å². The Kier molecular flexibility index (Phi) is 4.83. The molecule has 0 atom stereocenters. The fourth-order valence-electron chi connectivity index (χ4n) is 7.10. The molecule has 1 N–H and O–H groups in total. The van der Waals surface area contributed by atoms with Crippen molar-refractivity contribution in [3.8, 4) is 16.8 Å². The summed E-state index contributed by atoms with van der Waals surface area (Å²) in [6.45, 7) is 4.36. The number of hydrogen-bond donors (Lipinski definition) is 1. The first kappa shape index (κ1) is 23.5. The predicted molar refractivity (Wildman–Crippen MR) is 179 cm³/mol. The molecule has 0 fully saturated rings. The van der Waals surface area contributed by atoms with E-state index in [0.717, 1.165) is 46.2 Å². The lowest BCUT2D eigenvalue weighted by Gasteiger charge is -2.25. The first-order valence-corrected chi connectivity index (χ1v) is 14.6. The minimum absolute atomic E-state index is 0.860. The van der Waals surface area contributed by atoms with Crippen molar-refractivity contribution >= 4 is 73.3 Å². The van der Waals surface area contributed by atoms with Crippen LogP contribution < -0.4 is 16.2 Å². The maximum Gasteiger partial charge on any atom is 0.198 e. The van der Waals surface area contributed by atoms with Crippen molar-refractivity contribution in [3.05, 3.63) is 126 Å². The Balaban J connectivity index is 1.40. The molecule has 1 aliphatic rings. The summed E-state index contributed by atoms with van der Waals surface area (Å²) < 4.78 is 9.20. The van der Waals surface area contributed by atoms with E-state index >= 15 is 0 Å². The highest BCUT2D eigenvalue weighted by Crippen LogP contribution is 2.43. The van der Waals surface area contributed by atoms with E-state index in [1.54, 1.807) is 0 Å². The standard InChI is InChI=1S/C38H27BN2O/c1-22-20-28(36-33(21-22)41-32-16-7-4-11-24(32)26-13-9-14-29(39-36)37(26)41)35-31(40-30-15-6-3-10-23(30)2)19-18-27-25-12-5-8-17-34(25)42-38(27)35/h3-21,39-40H,1-2H3. The van der Waals surface area contributed by atoms with Gasteiger partial charge in [-0.05, 0) is 72.4 Å². The second-order valence-corrected chi connectivity index (χ2v) is 11.6. The number of anilines is 2. The summed E-state index contributed by atoms with van der Waals surface area (Å²) in [5.41, 5.74) is 15.2. The average Bonchev–Trinajstić information content (AvgIpc) is 3.56. The molecule has 6 aromatic carbocycles. The molecule has 3 heterocycles. The van der Waals surface area contributed by atoms with Crippen molar-refractivity contribution in [1.29, 1.82) is 0 Å². The fraction of sp³-hybridized carbons (Fsp3) is 0.0526. The molecule has 0 aliphatic carbocycles. The van der Waals surface area contributed by atoms with Crippen molar-refractivity contribution in [2.45, 2.75) is 13.8 Å². The van der Waals surface area contributed by atoms with Gasteiger partial charge in [0.1, 0.15) is 11.2 Å². The number of hydrogen-bond acceptors (Lipinski definition) is 2. The Labute approximate surface area is 244 Å². The molecule has 0 radical (unpaired) electrons. The summed E-state index contributed by atoms with van der Waals surface area (Å²) in [5, 5.41) is 8.69. The third-order valence-electron chi connectivity index (χ3n) is 8.99. The Morgan fingerprint density at radius 3 is 2.36 bits per heavy atom. The van der Waals surface area contributed by atoms with Crippen LogP contribution in [0.3, 0.4) is 0 Å². The maximum atomic E-state index is 6.71. The highest BCUT2D eigenvalue weighted by atomic mass is 16.3. The van der Waals surface area contributed by atoms with Gasteiger partial charge in [-0.3, -0.25) is 0 Å². The molecule has 0 amide bonds. The molecule has 0 unspecified atom stereocenters. The normalized spacial score (nSPS) is 12.2. The summed E-state index contributed by atoms with van der Waals surface area (Å²) >= 11 is 0. The Bertz CT molecular complexity index is 2390. The van der Waals surface area contributed by atoms with Crippen molar-refractivity contribution in [3.63, 3.8) is 0 Å². The van der Waals surface area contributed by atoms with E-state index in [2.05, 4.69) is 133 Å². The number of benzene rings is 6. The molecule has 8 aromatic rings. The number of aryl methyl sites for hydroxylation is 2. The Morgan fingerprint density at radius 1 is 0.667 bits per heavy atom. The molecular weight excluding hydrogens is 511 g/mol. The Morgan fingerprint density at radius 2 is 1.45 bits per heavy atom. The highest BCUT2D eigenvalue weighted by molar-refractivity contribution is 6.73. The number of fused-ring (bicyclic) bond motifs is 8. The topological polar surface area (TPSA) is 30.1 Å². The van der Waals surface area contributed by atoms with Crippen LogP contribution in [0.25, 0.3) is 60.6 Å². The zero-order valence-corrected chi connectivity index (χ0v) is 23.5. The number of para-hydroxylation sites is 4. The number of aromatic nitrogens is 1. The molecule has 42 heavy (non-hydrogen) atoms. The van der Waals surface area contributed by atoms with Gasteiger partial charge in [-0.15, -0.1) is 0 Å². The SMILES string of the molecule is Cc1cc(-c2c(Nc3ccccc3C)ccc3c2oc2ccccc23)c2c(c1)-n1c3ccccc3c3cccc(c31)B2. The first-order valence-electron chi connectivity index (χ1n) is 14.6. The van der Waals surface area contributed by atoms with E-state index in [1.165, 1.54) is 55.1 Å². The Hall–Kier alpha value is -5.22. The molecule has 0 saturated carbocycles. The van der Waals surface area contributed by atoms with Gasteiger partial charge in [0.25, 0.3) is 0 Å². The van der Waals surface area contributed by atoms with Gasteiger partial charge >= 0.3 is 0 Å². The number of furan rings is 1. The third-order valence-corrected chi connectivity index (χ3v) is 8.99. The first-order chi connectivity index (χ1) is 20.7. The van der Waals surface area contributed by atoms with E-state index in [4.69, 9.17) is 4.42 Å². The van der Waals surface area contributed by atoms with Crippen molar-refractivity contribution in [1.82, 2.24) is 4.57 Å². The number of rotatable bonds is 3. The summed E-state index contributed by atoms with van der Waals surface area (Å²) in [4.78, 5) is 0. The second kappa shape index (κ2) is 8.64. The van der Waals surface area contributed by atoms with Crippen LogP contribution in [0.4, 0.5) is 11.4 Å². The van der Waals surface area contributed by atoms with Crippen LogP contribution in [0.2, 0.25) is 0 Å². The van der Waals surface area contributed by atoms with Crippen LogP contribution in [0.5, 0.6) is 0 Å². The quantitative estimate of drug-likeness (QED) is 0.229. The van der Waals surface area contributed by atoms with E-state index in [9.17, 15) is 0 Å². The molecule has 0 saturated heterocycles. The van der Waals surface area contributed by atoms with Crippen LogP contribution in [-0.2, 0) is 0 Å². The van der Waals surface area contributed by atoms with Crippen LogP contribution in [-0.4, -0.2) is 11.8 Å². The van der Waals surface area contributed by atoms with Crippen molar-refractivity contribution in [2.24, 2.45) is 0 Å². The lowest BCUT2D eigenvalue weighted by Crippen LogP contribution is -2.37. The summed E-state index contributed by atoms with van der Waals surface area (Å²) in [5.74, 6) is 0. The van der Waals surface area contributed by atoms with Gasteiger partial charge in [0, 0.05) is 44.0 Å². The van der Waals surface area contributed by atoms with Gasteiger partial charge in [-0.2, -0.15) is 0 Å². The molecule has 4 heteroatoms. The minimum atomic E-state index is 0.860. The van der Waals surface area contributed by atoms with Crippen LogP contribution in [0.1, 0.15) is 11.1 Å². The summed E-state index contributed by atoms with van der Waals surface area (Å²) in [7, 11) is 0.860. The zero-order chi connectivity index (χ0) is 27.9. The van der Waals surface area contributed by atoms with Gasteiger partial charge in [-0.1, -0.05) is 84.3 Å². The molecule has 198 valence electrons. The average molecular weight is 538 g/mol.